The number of nitrogens with one attached hydrogen (secondary N) is 2. The van der Waals surface area contributed by atoms with Gasteiger partial charge in [0.25, 0.3) is 0 Å². The predicted octanol–water partition coefficient (Wildman–Crippen LogP) is 1.51. The number of carbonyl (C=O) groups excluding carboxylic acids is 1. The molecule has 1 atom stereocenters. The summed E-state index contributed by atoms with van der Waals surface area (Å²) < 4.78 is 5.17. The van der Waals surface area contributed by atoms with E-state index >= 15 is 0 Å². The molecule has 4 nitrogen and oxygen atoms in total. The quantitative estimate of drug-likeness (QED) is 0.682. The third-order valence-corrected chi connectivity index (χ3v) is 2.51. The molecule has 0 aromatic rings. The minimum Gasteiger partial charge on any atom is -0.379 e. The number of hydrogen-bond donors (Lipinski definition) is 2. The maximum Gasteiger partial charge on any atom is 0.315 e. The molecule has 2 N–H and O–H groups in total. The number of urea groups is 1. The van der Waals surface area contributed by atoms with Gasteiger partial charge in [0.2, 0.25) is 0 Å². The molecule has 0 aromatic carbocycles. The summed E-state index contributed by atoms with van der Waals surface area (Å²) in [6.07, 6.45) is 3.14. The lowest BCUT2D eigenvalue weighted by atomic mass is 10.1. The highest BCUT2D eigenvalue weighted by Gasteiger charge is 2.16. The average molecular weight is 214 g/mol. The van der Waals surface area contributed by atoms with Crippen LogP contribution in [0.5, 0.6) is 0 Å². The van der Waals surface area contributed by atoms with Crippen molar-refractivity contribution in [2.45, 2.75) is 39.2 Å². The first-order chi connectivity index (χ1) is 7.18. The molecule has 0 aliphatic carbocycles. The number of ether oxygens (including phenoxy) is 1. The van der Waals surface area contributed by atoms with E-state index in [4.69, 9.17) is 4.74 Å². The zero-order chi connectivity index (χ0) is 11.1. The topological polar surface area (TPSA) is 50.4 Å². The zero-order valence-electron chi connectivity index (χ0n) is 9.71. The first-order valence-corrected chi connectivity index (χ1v) is 5.80. The molecule has 88 valence electrons. The van der Waals surface area contributed by atoms with Crippen LogP contribution >= 0.6 is 0 Å². The van der Waals surface area contributed by atoms with E-state index in [1.807, 2.05) is 0 Å². The van der Waals surface area contributed by atoms with Crippen molar-refractivity contribution in [2.24, 2.45) is 5.92 Å². The van der Waals surface area contributed by atoms with Crippen molar-refractivity contribution in [1.29, 1.82) is 0 Å². The van der Waals surface area contributed by atoms with E-state index in [9.17, 15) is 4.79 Å². The number of amides is 2. The van der Waals surface area contributed by atoms with Gasteiger partial charge >= 0.3 is 6.03 Å². The molecule has 1 rings (SSSR count). The van der Waals surface area contributed by atoms with Gasteiger partial charge in [-0.05, 0) is 25.2 Å². The van der Waals surface area contributed by atoms with Gasteiger partial charge in [-0.2, -0.15) is 0 Å². The van der Waals surface area contributed by atoms with Crippen molar-refractivity contribution >= 4 is 6.03 Å². The van der Waals surface area contributed by atoms with Gasteiger partial charge in [-0.3, -0.25) is 0 Å². The van der Waals surface area contributed by atoms with Crippen LogP contribution in [0.25, 0.3) is 0 Å². The largest absolute Gasteiger partial charge is 0.379 e. The predicted molar refractivity (Wildman–Crippen MR) is 59.8 cm³/mol. The van der Waals surface area contributed by atoms with Crippen molar-refractivity contribution in [3.63, 3.8) is 0 Å². The second-order valence-electron chi connectivity index (χ2n) is 4.50. The molecule has 0 radical (unpaired) electrons. The fourth-order valence-corrected chi connectivity index (χ4v) is 1.60. The van der Waals surface area contributed by atoms with E-state index in [1.54, 1.807) is 0 Å². The normalized spacial score (nSPS) is 20.6. The summed E-state index contributed by atoms with van der Waals surface area (Å²) in [5.41, 5.74) is 0. The number of hydrogen-bond acceptors (Lipinski definition) is 2. The maximum absolute atomic E-state index is 11.4. The fraction of sp³-hybridized carbons (Fsp3) is 0.909. The Labute approximate surface area is 91.8 Å². The first-order valence-electron chi connectivity index (χ1n) is 5.80. The van der Waals surface area contributed by atoms with Crippen LogP contribution in [0.2, 0.25) is 0 Å². The highest BCUT2D eigenvalue weighted by molar-refractivity contribution is 5.74. The Morgan fingerprint density at radius 1 is 1.53 bits per heavy atom. The molecular weight excluding hydrogens is 192 g/mol. The molecule has 2 amide bonds. The van der Waals surface area contributed by atoms with Gasteiger partial charge in [0, 0.05) is 13.2 Å². The lowest BCUT2D eigenvalue weighted by molar-refractivity contribution is 0.188. The molecule has 1 unspecified atom stereocenters. The van der Waals surface area contributed by atoms with E-state index in [-0.39, 0.29) is 12.1 Å². The zero-order valence-corrected chi connectivity index (χ0v) is 9.71. The summed E-state index contributed by atoms with van der Waals surface area (Å²) in [5, 5.41) is 5.75. The SMILES string of the molecule is CC(C)CCCNC(=O)NC1CCOC1. The maximum atomic E-state index is 11.4. The molecule has 0 spiro atoms. The van der Waals surface area contributed by atoms with Gasteiger partial charge in [0.15, 0.2) is 0 Å². The van der Waals surface area contributed by atoms with E-state index < -0.39 is 0 Å². The molecule has 1 aliphatic heterocycles. The molecule has 0 aromatic heterocycles. The number of rotatable bonds is 5. The van der Waals surface area contributed by atoms with Crippen molar-refractivity contribution in [3.8, 4) is 0 Å². The molecular formula is C11H22N2O2. The fourth-order valence-electron chi connectivity index (χ4n) is 1.60. The second-order valence-corrected chi connectivity index (χ2v) is 4.50. The van der Waals surface area contributed by atoms with Crippen molar-refractivity contribution in [3.05, 3.63) is 0 Å². The summed E-state index contributed by atoms with van der Waals surface area (Å²) in [6, 6.07) is 0.143. The Balaban J connectivity index is 1.98. The standard InChI is InChI=1S/C11H22N2O2/c1-9(2)4-3-6-12-11(14)13-10-5-7-15-8-10/h9-10H,3-8H2,1-2H3,(H2,12,13,14). The van der Waals surface area contributed by atoms with Crippen LogP contribution in [-0.2, 0) is 4.74 Å². The highest BCUT2D eigenvalue weighted by atomic mass is 16.5. The van der Waals surface area contributed by atoms with Crippen molar-refractivity contribution < 1.29 is 9.53 Å². The lowest BCUT2D eigenvalue weighted by Crippen LogP contribution is -2.42. The van der Waals surface area contributed by atoms with Crippen LogP contribution in [0.4, 0.5) is 4.79 Å². The van der Waals surface area contributed by atoms with Crippen LogP contribution in [0, 0.1) is 5.92 Å². The molecule has 1 heterocycles. The smallest absolute Gasteiger partial charge is 0.315 e. The summed E-state index contributed by atoms with van der Waals surface area (Å²) in [7, 11) is 0. The first kappa shape index (κ1) is 12.3. The van der Waals surface area contributed by atoms with Gasteiger partial charge in [-0.1, -0.05) is 13.8 Å². The molecule has 0 bridgehead atoms. The Morgan fingerprint density at radius 2 is 2.33 bits per heavy atom. The van der Waals surface area contributed by atoms with Crippen LogP contribution in [-0.4, -0.2) is 31.8 Å². The molecule has 4 heteroatoms. The van der Waals surface area contributed by atoms with Gasteiger partial charge in [-0.15, -0.1) is 0 Å². The summed E-state index contributed by atoms with van der Waals surface area (Å²) in [4.78, 5) is 11.4. The van der Waals surface area contributed by atoms with E-state index in [0.29, 0.717) is 12.5 Å². The summed E-state index contributed by atoms with van der Waals surface area (Å²) in [5.74, 6) is 0.707. The van der Waals surface area contributed by atoms with E-state index in [1.165, 1.54) is 0 Å². The lowest BCUT2D eigenvalue weighted by Gasteiger charge is -2.12. The Kier molecular flexibility index (Phi) is 5.47. The van der Waals surface area contributed by atoms with Crippen LogP contribution in [0.15, 0.2) is 0 Å². The van der Waals surface area contributed by atoms with Gasteiger partial charge in [-0.25, -0.2) is 4.79 Å². The molecule has 1 saturated heterocycles. The van der Waals surface area contributed by atoms with Crippen molar-refractivity contribution in [1.82, 2.24) is 10.6 Å². The third-order valence-electron chi connectivity index (χ3n) is 2.51. The Hall–Kier alpha value is -0.770. The van der Waals surface area contributed by atoms with E-state index in [2.05, 4.69) is 24.5 Å². The van der Waals surface area contributed by atoms with Crippen LogP contribution in [0.3, 0.4) is 0 Å². The van der Waals surface area contributed by atoms with Gasteiger partial charge in [0.05, 0.1) is 12.6 Å². The Bertz CT molecular complexity index is 189. The monoisotopic (exact) mass is 214 g/mol. The molecule has 1 aliphatic rings. The van der Waals surface area contributed by atoms with Crippen molar-refractivity contribution in [2.75, 3.05) is 19.8 Å². The molecule has 0 saturated carbocycles. The van der Waals surface area contributed by atoms with E-state index in [0.717, 1.165) is 32.4 Å². The molecule has 15 heavy (non-hydrogen) atoms. The van der Waals surface area contributed by atoms with Gasteiger partial charge in [0.1, 0.15) is 0 Å². The van der Waals surface area contributed by atoms with Gasteiger partial charge < -0.3 is 15.4 Å². The Morgan fingerprint density at radius 3 is 2.93 bits per heavy atom. The summed E-state index contributed by atoms with van der Waals surface area (Å²) >= 11 is 0. The second kappa shape index (κ2) is 6.67. The van der Waals surface area contributed by atoms with Crippen LogP contribution < -0.4 is 10.6 Å². The minimum atomic E-state index is -0.0609. The average Bonchev–Trinajstić information content (AvgIpc) is 2.64. The summed E-state index contributed by atoms with van der Waals surface area (Å²) in [6.45, 7) is 6.56. The molecule has 1 fully saturated rings. The minimum absolute atomic E-state index is 0.0609. The van der Waals surface area contributed by atoms with Crippen LogP contribution in [0.1, 0.15) is 33.1 Å². The number of carbonyl (C=O) groups is 1. The third kappa shape index (κ3) is 5.62. The highest BCUT2D eigenvalue weighted by Crippen LogP contribution is 2.03.